The Morgan fingerprint density at radius 1 is 0.889 bits per heavy atom. The average molecular weight is 239 g/mol. The highest BCUT2D eigenvalue weighted by atomic mass is 16.5. The van der Waals surface area contributed by atoms with Crippen LogP contribution in [0.15, 0.2) is 54.7 Å². The lowest BCUT2D eigenvalue weighted by Gasteiger charge is -2.07. The van der Waals surface area contributed by atoms with Gasteiger partial charge in [0.05, 0.1) is 7.11 Å². The quantitative estimate of drug-likeness (QED) is 0.750. The van der Waals surface area contributed by atoms with E-state index in [2.05, 4.69) is 4.98 Å². The Kier molecular flexibility index (Phi) is 2.65. The molecule has 90 valence electrons. The molecule has 0 aliphatic heterocycles. The lowest BCUT2D eigenvalue weighted by atomic mass is 10.2. The second-order valence-corrected chi connectivity index (χ2v) is 4.01. The van der Waals surface area contributed by atoms with Crippen LogP contribution < -0.4 is 9.47 Å². The molecule has 3 rings (SSSR count). The zero-order valence-electron chi connectivity index (χ0n) is 10.0. The second kappa shape index (κ2) is 4.45. The number of H-pyrrole nitrogens is 1. The molecule has 0 atom stereocenters. The summed E-state index contributed by atoms with van der Waals surface area (Å²) in [5.74, 6) is 2.37. The topological polar surface area (TPSA) is 34.2 Å². The van der Waals surface area contributed by atoms with Crippen LogP contribution in [0.2, 0.25) is 0 Å². The molecule has 0 unspecified atom stereocenters. The molecule has 3 nitrogen and oxygen atoms in total. The zero-order valence-corrected chi connectivity index (χ0v) is 10.0. The van der Waals surface area contributed by atoms with E-state index in [1.165, 1.54) is 0 Å². The Hall–Kier alpha value is -2.42. The highest BCUT2D eigenvalue weighted by Crippen LogP contribution is 2.27. The fraction of sp³-hybridized carbons (Fsp3) is 0.0667. The summed E-state index contributed by atoms with van der Waals surface area (Å²) in [5.41, 5.74) is 1.10. The predicted molar refractivity (Wildman–Crippen MR) is 71.4 cm³/mol. The molecule has 18 heavy (non-hydrogen) atoms. The van der Waals surface area contributed by atoms with Gasteiger partial charge in [0.15, 0.2) is 0 Å². The third-order valence-corrected chi connectivity index (χ3v) is 2.80. The van der Waals surface area contributed by atoms with Crippen LogP contribution in [0.25, 0.3) is 10.9 Å². The van der Waals surface area contributed by atoms with E-state index in [0.29, 0.717) is 0 Å². The van der Waals surface area contributed by atoms with Crippen LogP contribution in [0, 0.1) is 0 Å². The molecule has 0 fully saturated rings. The van der Waals surface area contributed by atoms with Crippen molar-refractivity contribution in [3.63, 3.8) is 0 Å². The van der Waals surface area contributed by atoms with Crippen molar-refractivity contribution in [1.29, 1.82) is 0 Å². The summed E-state index contributed by atoms with van der Waals surface area (Å²) in [6.07, 6.45) is 1.92. The molecule has 3 aromatic rings. The molecule has 3 heteroatoms. The average Bonchev–Trinajstić information content (AvgIpc) is 2.86. The van der Waals surface area contributed by atoms with E-state index >= 15 is 0 Å². The van der Waals surface area contributed by atoms with Crippen molar-refractivity contribution in [2.45, 2.75) is 0 Å². The van der Waals surface area contributed by atoms with Crippen molar-refractivity contribution in [1.82, 2.24) is 4.98 Å². The van der Waals surface area contributed by atoms with Crippen LogP contribution in [0.1, 0.15) is 0 Å². The SMILES string of the molecule is COc1cccc(Oc2ccc3[nH]ccc3c2)c1. The van der Waals surface area contributed by atoms with Gasteiger partial charge in [-0.3, -0.25) is 0 Å². The number of methoxy groups -OCH3 is 1. The largest absolute Gasteiger partial charge is 0.497 e. The first-order valence-corrected chi connectivity index (χ1v) is 5.74. The van der Waals surface area contributed by atoms with Crippen molar-refractivity contribution in [2.75, 3.05) is 7.11 Å². The second-order valence-electron chi connectivity index (χ2n) is 4.01. The predicted octanol–water partition coefficient (Wildman–Crippen LogP) is 3.97. The van der Waals surface area contributed by atoms with Gasteiger partial charge in [-0.15, -0.1) is 0 Å². The maximum atomic E-state index is 5.80. The highest BCUT2D eigenvalue weighted by Gasteiger charge is 2.01. The van der Waals surface area contributed by atoms with Crippen LogP contribution in [0.5, 0.6) is 17.2 Å². The highest BCUT2D eigenvalue weighted by molar-refractivity contribution is 5.80. The zero-order chi connectivity index (χ0) is 12.4. The van der Waals surface area contributed by atoms with Gasteiger partial charge in [-0.05, 0) is 36.4 Å². The van der Waals surface area contributed by atoms with Crippen molar-refractivity contribution in [3.8, 4) is 17.2 Å². The number of ether oxygens (including phenoxy) is 2. The summed E-state index contributed by atoms with van der Waals surface area (Å²) in [5, 5.41) is 1.13. The van der Waals surface area contributed by atoms with Crippen LogP contribution in [0.4, 0.5) is 0 Å². The van der Waals surface area contributed by atoms with Gasteiger partial charge >= 0.3 is 0 Å². The van der Waals surface area contributed by atoms with Crippen LogP contribution in [-0.2, 0) is 0 Å². The molecule has 0 spiro atoms. The Bertz CT molecular complexity index is 673. The van der Waals surface area contributed by atoms with Gasteiger partial charge in [0.2, 0.25) is 0 Å². The lowest BCUT2D eigenvalue weighted by molar-refractivity contribution is 0.409. The summed E-state index contributed by atoms with van der Waals surface area (Å²) in [6.45, 7) is 0. The van der Waals surface area contributed by atoms with Gasteiger partial charge in [0, 0.05) is 23.2 Å². The minimum absolute atomic E-state index is 0.768. The van der Waals surface area contributed by atoms with E-state index in [4.69, 9.17) is 9.47 Å². The molecule has 1 heterocycles. The maximum Gasteiger partial charge on any atom is 0.131 e. The van der Waals surface area contributed by atoms with Crippen LogP contribution >= 0.6 is 0 Å². The van der Waals surface area contributed by atoms with E-state index in [1.807, 2.05) is 54.7 Å². The van der Waals surface area contributed by atoms with Gasteiger partial charge in [-0.2, -0.15) is 0 Å². The van der Waals surface area contributed by atoms with Crippen LogP contribution in [-0.4, -0.2) is 12.1 Å². The fourth-order valence-corrected chi connectivity index (χ4v) is 1.90. The van der Waals surface area contributed by atoms with Gasteiger partial charge in [-0.25, -0.2) is 0 Å². The Labute approximate surface area is 105 Å². The number of hydrogen-bond acceptors (Lipinski definition) is 2. The minimum atomic E-state index is 0.768. The van der Waals surface area contributed by atoms with E-state index in [0.717, 1.165) is 28.2 Å². The lowest BCUT2D eigenvalue weighted by Crippen LogP contribution is -1.86. The van der Waals surface area contributed by atoms with E-state index in [1.54, 1.807) is 7.11 Å². The van der Waals surface area contributed by atoms with E-state index in [9.17, 15) is 0 Å². The molecule has 0 saturated heterocycles. The van der Waals surface area contributed by atoms with Gasteiger partial charge in [-0.1, -0.05) is 6.07 Å². The maximum absolute atomic E-state index is 5.80. The normalized spacial score (nSPS) is 10.5. The van der Waals surface area contributed by atoms with Crippen LogP contribution in [0.3, 0.4) is 0 Å². The van der Waals surface area contributed by atoms with Crippen molar-refractivity contribution < 1.29 is 9.47 Å². The summed E-state index contributed by atoms with van der Waals surface area (Å²) >= 11 is 0. The van der Waals surface area contributed by atoms with Crippen molar-refractivity contribution in [3.05, 3.63) is 54.7 Å². The van der Waals surface area contributed by atoms with Crippen molar-refractivity contribution in [2.24, 2.45) is 0 Å². The Balaban J connectivity index is 1.90. The van der Waals surface area contributed by atoms with E-state index < -0.39 is 0 Å². The first-order chi connectivity index (χ1) is 8.85. The molecule has 0 amide bonds. The molecule has 1 N–H and O–H groups in total. The summed E-state index contributed by atoms with van der Waals surface area (Å²) in [7, 11) is 1.64. The van der Waals surface area contributed by atoms with Gasteiger partial charge < -0.3 is 14.5 Å². The Morgan fingerprint density at radius 2 is 1.72 bits per heavy atom. The molecular formula is C15H13NO2. The number of nitrogens with one attached hydrogen (secondary N) is 1. The standard InChI is InChI=1S/C15H13NO2/c1-17-12-3-2-4-13(10-12)18-14-5-6-15-11(9-14)7-8-16-15/h2-10,16H,1H3. The summed E-state index contributed by atoms with van der Waals surface area (Å²) in [4.78, 5) is 3.15. The summed E-state index contributed by atoms with van der Waals surface area (Å²) < 4.78 is 11.0. The first-order valence-electron chi connectivity index (χ1n) is 5.74. The smallest absolute Gasteiger partial charge is 0.131 e. The number of aromatic amines is 1. The first kappa shape index (κ1) is 10.7. The molecule has 1 aromatic heterocycles. The number of rotatable bonds is 3. The number of aromatic nitrogens is 1. The number of benzene rings is 2. The molecule has 2 aromatic carbocycles. The number of hydrogen-bond donors (Lipinski definition) is 1. The third-order valence-electron chi connectivity index (χ3n) is 2.80. The molecule has 0 aliphatic rings. The Morgan fingerprint density at radius 3 is 2.61 bits per heavy atom. The molecular weight excluding hydrogens is 226 g/mol. The monoisotopic (exact) mass is 239 g/mol. The molecule has 0 saturated carbocycles. The van der Waals surface area contributed by atoms with Crippen molar-refractivity contribution >= 4 is 10.9 Å². The third kappa shape index (κ3) is 2.02. The fourth-order valence-electron chi connectivity index (χ4n) is 1.90. The molecule has 0 radical (unpaired) electrons. The van der Waals surface area contributed by atoms with Gasteiger partial charge in [0.1, 0.15) is 17.2 Å². The van der Waals surface area contributed by atoms with E-state index in [-0.39, 0.29) is 0 Å². The molecule has 0 aliphatic carbocycles. The summed E-state index contributed by atoms with van der Waals surface area (Å²) in [6, 6.07) is 15.5. The molecule has 0 bridgehead atoms. The minimum Gasteiger partial charge on any atom is -0.497 e. The number of fused-ring (bicyclic) bond motifs is 1. The van der Waals surface area contributed by atoms with Gasteiger partial charge in [0.25, 0.3) is 0 Å².